The second-order valence-electron chi connectivity index (χ2n) is 4.46. The lowest BCUT2D eigenvalue weighted by molar-refractivity contribution is 0.0980. The molecule has 0 aliphatic heterocycles. The largest absolute Gasteiger partial charge is 0.288 e. The van der Waals surface area contributed by atoms with Crippen LogP contribution >= 0.6 is 0 Å². The molecular formula is C16H6N2O4. The molecule has 6 heteroatoms. The third-order valence-corrected chi connectivity index (χ3v) is 3.36. The summed E-state index contributed by atoms with van der Waals surface area (Å²) in [6, 6.07) is 8.85. The lowest BCUT2D eigenvalue weighted by Gasteiger charge is -2.19. The highest BCUT2D eigenvalue weighted by atomic mass is 16.1. The van der Waals surface area contributed by atoms with Gasteiger partial charge in [0, 0.05) is 11.1 Å². The van der Waals surface area contributed by atoms with Gasteiger partial charge >= 0.3 is 0 Å². The van der Waals surface area contributed by atoms with Gasteiger partial charge in [-0.3, -0.25) is 9.59 Å². The minimum atomic E-state index is -0.456. The van der Waals surface area contributed by atoms with Crippen LogP contribution in [0.5, 0.6) is 0 Å². The predicted molar refractivity (Wildman–Crippen MR) is 75.3 cm³/mol. The van der Waals surface area contributed by atoms with Crippen molar-refractivity contribution < 1.29 is 19.2 Å². The molecule has 0 unspecified atom stereocenters. The van der Waals surface area contributed by atoms with Crippen molar-refractivity contribution in [1.82, 2.24) is 0 Å². The van der Waals surface area contributed by atoms with E-state index in [1.54, 1.807) is 0 Å². The maximum atomic E-state index is 12.6. The molecule has 0 fully saturated rings. The molecule has 2 aromatic carbocycles. The van der Waals surface area contributed by atoms with Gasteiger partial charge in [0.1, 0.15) is 0 Å². The fourth-order valence-corrected chi connectivity index (χ4v) is 2.49. The lowest BCUT2D eigenvalue weighted by Crippen LogP contribution is -2.21. The number of carbonyl (C=O) groups is 2. The highest BCUT2D eigenvalue weighted by molar-refractivity contribution is 6.31. The Morgan fingerprint density at radius 2 is 1.09 bits per heavy atom. The Morgan fingerprint density at radius 3 is 1.45 bits per heavy atom. The van der Waals surface area contributed by atoms with Crippen LogP contribution < -0.4 is 0 Å². The SMILES string of the molecule is O=C=Nc1cccc2c1C(=O)c1cccc(N=C=O)c1C2=O. The van der Waals surface area contributed by atoms with E-state index in [2.05, 4.69) is 9.98 Å². The molecule has 22 heavy (non-hydrogen) atoms. The van der Waals surface area contributed by atoms with Crippen molar-refractivity contribution in [3.63, 3.8) is 0 Å². The molecule has 0 spiro atoms. The van der Waals surface area contributed by atoms with Crippen LogP contribution in [0.1, 0.15) is 31.8 Å². The lowest BCUT2D eigenvalue weighted by atomic mass is 9.82. The van der Waals surface area contributed by atoms with Crippen LogP contribution in [0, 0.1) is 0 Å². The first-order valence-electron chi connectivity index (χ1n) is 6.20. The van der Waals surface area contributed by atoms with E-state index in [0.29, 0.717) is 0 Å². The zero-order valence-electron chi connectivity index (χ0n) is 11.0. The van der Waals surface area contributed by atoms with Gasteiger partial charge in [0.05, 0.1) is 22.5 Å². The van der Waals surface area contributed by atoms with Crippen LogP contribution in [0.15, 0.2) is 46.4 Å². The molecule has 0 radical (unpaired) electrons. The summed E-state index contributed by atoms with van der Waals surface area (Å²) in [5, 5.41) is 0. The first-order chi connectivity index (χ1) is 10.7. The summed E-state index contributed by atoms with van der Waals surface area (Å²) in [6.45, 7) is 0. The van der Waals surface area contributed by atoms with E-state index in [4.69, 9.17) is 0 Å². The Hall–Kier alpha value is -3.46. The normalized spacial score (nSPS) is 11.8. The van der Waals surface area contributed by atoms with Gasteiger partial charge < -0.3 is 0 Å². The fraction of sp³-hybridized carbons (Fsp3) is 0. The molecule has 0 saturated heterocycles. The molecule has 6 nitrogen and oxygen atoms in total. The van der Waals surface area contributed by atoms with Gasteiger partial charge in [0.15, 0.2) is 11.6 Å². The van der Waals surface area contributed by atoms with Gasteiger partial charge in [0.25, 0.3) is 0 Å². The molecule has 1 aliphatic rings. The Bertz CT molecular complexity index is 856. The number of isocyanates is 2. The number of aliphatic imine (C=N–C) groups is 2. The van der Waals surface area contributed by atoms with Gasteiger partial charge in [-0.25, -0.2) is 9.59 Å². The van der Waals surface area contributed by atoms with Crippen LogP contribution in [0.25, 0.3) is 0 Å². The van der Waals surface area contributed by atoms with E-state index >= 15 is 0 Å². The Kier molecular flexibility index (Phi) is 3.16. The highest BCUT2D eigenvalue weighted by Crippen LogP contribution is 2.36. The average Bonchev–Trinajstić information content (AvgIpc) is 2.53. The average molecular weight is 290 g/mol. The van der Waals surface area contributed by atoms with Crippen LogP contribution in [0.4, 0.5) is 11.4 Å². The first kappa shape index (κ1) is 13.5. The molecule has 1 aliphatic carbocycles. The van der Waals surface area contributed by atoms with E-state index in [1.807, 2.05) is 0 Å². The van der Waals surface area contributed by atoms with E-state index in [1.165, 1.54) is 48.6 Å². The number of benzene rings is 2. The summed E-state index contributed by atoms with van der Waals surface area (Å²) in [4.78, 5) is 53.2. The van der Waals surface area contributed by atoms with E-state index < -0.39 is 11.6 Å². The number of carbonyl (C=O) groups excluding carboxylic acids is 4. The molecule has 0 heterocycles. The third-order valence-electron chi connectivity index (χ3n) is 3.36. The molecule has 0 aromatic heterocycles. The van der Waals surface area contributed by atoms with E-state index in [-0.39, 0.29) is 33.6 Å². The Balaban J connectivity index is 2.37. The Labute approximate surface area is 123 Å². The van der Waals surface area contributed by atoms with Crippen molar-refractivity contribution >= 4 is 35.1 Å². The van der Waals surface area contributed by atoms with Crippen molar-refractivity contribution in [3.05, 3.63) is 58.7 Å². The van der Waals surface area contributed by atoms with E-state index in [9.17, 15) is 19.2 Å². The zero-order valence-corrected chi connectivity index (χ0v) is 11.0. The summed E-state index contributed by atoms with van der Waals surface area (Å²) >= 11 is 0. The molecule has 0 amide bonds. The summed E-state index contributed by atoms with van der Waals surface area (Å²) in [5.74, 6) is -0.913. The maximum Gasteiger partial charge on any atom is 0.240 e. The van der Waals surface area contributed by atoms with Gasteiger partial charge in [0.2, 0.25) is 12.2 Å². The van der Waals surface area contributed by atoms with Gasteiger partial charge in [-0.2, -0.15) is 9.98 Å². The standard InChI is InChI=1S/C16H6N2O4/c19-7-17-11-5-1-3-9-13(11)16(22)10-4-2-6-12(18-8-20)14(10)15(9)21/h1-6H. The monoisotopic (exact) mass is 290 g/mol. The van der Waals surface area contributed by atoms with Crippen molar-refractivity contribution in [2.24, 2.45) is 9.98 Å². The van der Waals surface area contributed by atoms with Crippen LogP contribution in [0.2, 0.25) is 0 Å². The molecule has 3 rings (SSSR count). The number of ketones is 2. The van der Waals surface area contributed by atoms with E-state index in [0.717, 1.165) is 0 Å². The van der Waals surface area contributed by atoms with Crippen LogP contribution in [-0.4, -0.2) is 23.7 Å². The highest BCUT2D eigenvalue weighted by Gasteiger charge is 2.33. The summed E-state index contributed by atoms with van der Waals surface area (Å²) in [5.41, 5.74) is 0.498. The van der Waals surface area contributed by atoms with Gasteiger partial charge in [-0.05, 0) is 12.1 Å². The van der Waals surface area contributed by atoms with Crippen molar-refractivity contribution in [2.45, 2.75) is 0 Å². The molecule has 0 saturated carbocycles. The number of hydrogen-bond donors (Lipinski definition) is 0. The number of fused-ring (bicyclic) bond motifs is 2. The quantitative estimate of drug-likeness (QED) is 0.535. The predicted octanol–water partition coefficient (Wildman–Crippen LogP) is 2.40. The van der Waals surface area contributed by atoms with Crippen LogP contribution in [-0.2, 0) is 9.59 Å². The van der Waals surface area contributed by atoms with Crippen LogP contribution in [0.3, 0.4) is 0 Å². The van der Waals surface area contributed by atoms with Crippen molar-refractivity contribution in [3.8, 4) is 0 Å². The minimum absolute atomic E-state index is 0.0515. The molecular weight excluding hydrogens is 284 g/mol. The number of hydrogen-bond acceptors (Lipinski definition) is 6. The number of nitrogens with zero attached hydrogens (tertiary/aromatic N) is 2. The maximum absolute atomic E-state index is 12.6. The first-order valence-corrected chi connectivity index (χ1v) is 6.20. The molecule has 104 valence electrons. The van der Waals surface area contributed by atoms with Gasteiger partial charge in [-0.1, -0.05) is 24.3 Å². The minimum Gasteiger partial charge on any atom is -0.288 e. The topological polar surface area (TPSA) is 93.0 Å². The smallest absolute Gasteiger partial charge is 0.240 e. The summed E-state index contributed by atoms with van der Waals surface area (Å²) in [6.07, 6.45) is 2.73. The second kappa shape index (κ2) is 5.14. The van der Waals surface area contributed by atoms with Gasteiger partial charge in [-0.15, -0.1) is 0 Å². The summed E-state index contributed by atoms with van der Waals surface area (Å²) in [7, 11) is 0. The molecule has 0 atom stereocenters. The number of rotatable bonds is 2. The fourth-order valence-electron chi connectivity index (χ4n) is 2.49. The summed E-state index contributed by atoms with van der Waals surface area (Å²) < 4.78 is 0. The molecule has 2 aromatic rings. The zero-order chi connectivity index (χ0) is 15.7. The third kappa shape index (κ3) is 1.84. The second-order valence-corrected chi connectivity index (χ2v) is 4.46. The molecule has 0 N–H and O–H groups in total. The molecule has 0 bridgehead atoms. The van der Waals surface area contributed by atoms with Crippen molar-refractivity contribution in [2.75, 3.05) is 0 Å². The Morgan fingerprint density at radius 1 is 0.682 bits per heavy atom. The van der Waals surface area contributed by atoms with Crippen molar-refractivity contribution in [1.29, 1.82) is 0 Å².